The Hall–Kier alpha value is -0.610. The Balaban J connectivity index is 3.57. The highest BCUT2D eigenvalue weighted by atomic mass is 16.5. The van der Waals surface area contributed by atoms with Crippen molar-refractivity contribution in [2.45, 2.75) is 32.7 Å². The number of nitrogens with two attached hydrogens (primary N) is 1. The monoisotopic (exact) mass is 189 g/mol. The predicted octanol–water partition coefficient (Wildman–Crippen LogP) is 0.285. The molecular formula is C9H19NO3. The third kappa shape index (κ3) is 5.60. The number of aliphatic hydroxyl groups is 1. The van der Waals surface area contributed by atoms with Gasteiger partial charge in [0.05, 0.1) is 13.2 Å². The minimum atomic E-state index is -0.895. The van der Waals surface area contributed by atoms with E-state index in [1.807, 2.05) is 6.92 Å². The SMILES string of the molecule is CCCC(C)COC(=O)[C@H](N)CO. The number of esters is 1. The Morgan fingerprint density at radius 2 is 2.23 bits per heavy atom. The molecular weight excluding hydrogens is 170 g/mol. The maximum atomic E-state index is 11.0. The second-order valence-corrected chi connectivity index (χ2v) is 3.31. The Morgan fingerprint density at radius 3 is 2.69 bits per heavy atom. The van der Waals surface area contributed by atoms with Crippen molar-refractivity contribution in [1.82, 2.24) is 0 Å². The zero-order valence-corrected chi connectivity index (χ0v) is 8.32. The van der Waals surface area contributed by atoms with Gasteiger partial charge in [-0.15, -0.1) is 0 Å². The molecule has 0 aromatic carbocycles. The molecule has 0 bridgehead atoms. The molecule has 0 spiro atoms. The summed E-state index contributed by atoms with van der Waals surface area (Å²) in [5, 5.41) is 8.55. The molecule has 0 aliphatic rings. The first kappa shape index (κ1) is 12.4. The van der Waals surface area contributed by atoms with Crippen molar-refractivity contribution in [1.29, 1.82) is 0 Å². The van der Waals surface area contributed by atoms with E-state index in [4.69, 9.17) is 15.6 Å². The smallest absolute Gasteiger partial charge is 0.325 e. The first-order valence-corrected chi connectivity index (χ1v) is 4.64. The summed E-state index contributed by atoms with van der Waals surface area (Å²) in [5.74, 6) is -0.162. The van der Waals surface area contributed by atoms with Gasteiger partial charge in [-0.05, 0) is 12.3 Å². The maximum Gasteiger partial charge on any atom is 0.325 e. The first-order valence-electron chi connectivity index (χ1n) is 4.64. The van der Waals surface area contributed by atoms with E-state index in [1.165, 1.54) is 0 Å². The minimum Gasteiger partial charge on any atom is -0.464 e. The van der Waals surface area contributed by atoms with E-state index in [2.05, 4.69) is 6.92 Å². The quantitative estimate of drug-likeness (QED) is 0.589. The molecule has 0 radical (unpaired) electrons. The molecule has 0 aliphatic carbocycles. The molecule has 3 N–H and O–H groups in total. The van der Waals surface area contributed by atoms with Crippen molar-refractivity contribution in [3.8, 4) is 0 Å². The van der Waals surface area contributed by atoms with Gasteiger partial charge < -0.3 is 15.6 Å². The van der Waals surface area contributed by atoms with Gasteiger partial charge in [0, 0.05) is 0 Å². The largest absolute Gasteiger partial charge is 0.464 e. The summed E-state index contributed by atoms with van der Waals surface area (Å²) in [6, 6.07) is -0.895. The van der Waals surface area contributed by atoms with E-state index < -0.39 is 12.0 Å². The van der Waals surface area contributed by atoms with Gasteiger partial charge in [0.1, 0.15) is 6.04 Å². The zero-order valence-electron chi connectivity index (χ0n) is 8.32. The number of ether oxygens (including phenoxy) is 1. The molecule has 78 valence electrons. The molecule has 4 nitrogen and oxygen atoms in total. The van der Waals surface area contributed by atoms with E-state index in [0.29, 0.717) is 12.5 Å². The van der Waals surface area contributed by atoms with Crippen molar-refractivity contribution in [3.63, 3.8) is 0 Å². The zero-order chi connectivity index (χ0) is 10.3. The highest BCUT2D eigenvalue weighted by Gasteiger charge is 2.14. The normalized spacial score (nSPS) is 15.1. The van der Waals surface area contributed by atoms with Crippen LogP contribution in [0.2, 0.25) is 0 Å². The summed E-state index contributed by atoms with van der Waals surface area (Å²) < 4.78 is 4.89. The Bertz CT molecular complexity index is 150. The fraction of sp³-hybridized carbons (Fsp3) is 0.889. The van der Waals surface area contributed by atoms with Gasteiger partial charge in [0.15, 0.2) is 0 Å². The van der Waals surface area contributed by atoms with Gasteiger partial charge in [0.2, 0.25) is 0 Å². The number of hydrogen-bond acceptors (Lipinski definition) is 4. The van der Waals surface area contributed by atoms with Gasteiger partial charge in [0.25, 0.3) is 0 Å². The van der Waals surface area contributed by atoms with Crippen molar-refractivity contribution in [2.75, 3.05) is 13.2 Å². The number of carbonyl (C=O) groups is 1. The molecule has 2 atom stereocenters. The van der Waals surface area contributed by atoms with Crippen LogP contribution in [0.3, 0.4) is 0 Å². The van der Waals surface area contributed by atoms with Gasteiger partial charge in [-0.2, -0.15) is 0 Å². The summed E-state index contributed by atoms with van der Waals surface area (Å²) in [6.45, 7) is 4.13. The second kappa shape index (κ2) is 6.86. The Labute approximate surface area is 79.1 Å². The van der Waals surface area contributed by atoms with Crippen LogP contribution in [0, 0.1) is 5.92 Å². The molecule has 0 rings (SSSR count). The second-order valence-electron chi connectivity index (χ2n) is 3.31. The minimum absolute atomic E-state index is 0.360. The third-order valence-electron chi connectivity index (χ3n) is 1.79. The van der Waals surface area contributed by atoms with Crippen LogP contribution in [-0.2, 0) is 9.53 Å². The number of carbonyl (C=O) groups excluding carboxylic acids is 1. The fourth-order valence-electron chi connectivity index (χ4n) is 0.982. The summed E-state index contributed by atoms with van der Waals surface area (Å²) >= 11 is 0. The Kier molecular flexibility index (Phi) is 6.54. The topological polar surface area (TPSA) is 72.5 Å². The van der Waals surface area contributed by atoms with Crippen LogP contribution < -0.4 is 5.73 Å². The number of aliphatic hydroxyl groups excluding tert-OH is 1. The number of hydrogen-bond donors (Lipinski definition) is 2. The van der Waals surface area contributed by atoms with Crippen LogP contribution in [0.25, 0.3) is 0 Å². The maximum absolute atomic E-state index is 11.0. The van der Waals surface area contributed by atoms with E-state index in [-0.39, 0.29) is 6.61 Å². The van der Waals surface area contributed by atoms with Gasteiger partial charge >= 0.3 is 5.97 Å². The lowest BCUT2D eigenvalue weighted by Gasteiger charge is -2.12. The lowest BCUT2D eigenvalue weighted by molar-refractivity contribution is -0.147. The summed E-state index contributed by atoms with van der Waals surface area (Å²) in [6.07, 6.45) is 2.10. The van der Waals surface area contributed by atoms with Gasteiger partial charge in [-0.25, -0.2) is 0 Å². The highest BCUT2D eigenvalue weighted by Crippen LogP contribution is 2.05. The number of rotatable bonds is 6. The van der Waals surface area contributed by atoms with Crippen molar-refractivity contribution in [2.24, 2.45) is 11.7 Å². The van der Waals surface area contributed by atoms with Crippen LogP contribution >= 0.6 is 0 Å². The summed E-state index contributed by atoms with van der Waals surface area (Å²) in [7, 11) is 0. The molecule has 0 aromatic heterocycles. The van der Waals surface area contributed by atoms with E-state index in [9.17, 15) is 4.79 Å². The van der Waals surface area contributed by atoms with Crippen molar-refractivity contribution < 1.29 is 14.6 Å². The average molecular weight is 189 g/mol. The van der Waals surface area contributed by atoms with Gasteiger partial charge in [-0.3, -0.25) is 4.79 Å². The van der Waals surface area contributed by atoms with Crippen molar-refractivity contribution in [3.05, 3.63) is 0 Å². The molecule has 13 heavy (non-hydrogen) atoms. The van der Waals surface area contributed by atoms with E-state index in [0.717, 1.165) is 12.8 Å². The van der Waals surface area contributed by atoms with Crippen LogP contribution in [0.4, 0.5) is 0 Å². The van der Waals surface area contributed by atoms with Gasteiger partial charge in [-0.1, -0.05) is 20.3 Å². The molecule has 0 fully saturated rings. The molecule has 1 unspecified atom stereocenters. The fourth-order valence-corrected chi connectivity index (χ4v) is 0.982. The molecule has 0 amide bonds. The molecule has 0 aliphatic heterocycles. The molecule has 4 heteroatoms. The van der Waals surface area contributed by atoms with Crippen LogP contribution in [0.1, 0.15) is 26.7 Å². The van der Waals surface area contributed by atoms with Crippen LogP contribution in [0.5, 0.6) is 0 Å². The summed E-state index contributed by atoms with van der Waals surface area (Å²) in [4.78, 5) is 11.0. The lowest BCUT2D eigenvalue weighted by Crippen LogP contribution is -2.36. The van der Waals surface area contributed by atoms with Crippen LogP contribution in [-0.4, -0.2) is 30.3 Å². The predicted molar refractivity (Wildman–Crippen MR) is 50.1 cm³/mol. The molecule has 0 aromatic rings. The lowest BCUT2D eigenvalue weighted by atomic mass is 10.1. The van der Waals surface area contributed by atoms with E-state index >= 15 is 0 Å². The average Bonchev–Trinajstić information content (AvgIpc) is 2.13. The standard InChI is InChI=1S/C9H19NO3/c1-3-4-7(2)6-13-9(12)8(10)5-11/h7-8,11H,3-6,10H2,1-2H3/t7?,8-/m1/s1. The third-order valence-corrected chi connectivity index (χ3v) is 1.79. The van der Waals surface area contributed by atoms with E-state index in [1.54, 1.807) is 0 Å². The molecule has 0 heterocycles. The molecule has 0 saturated carbocycles. The summed E-state index contributed by atoms with van der Waals surface area (Å²) in [5.41, 5.74) is 5.25. The van der Waals surface area contributed by atoms with Crippen LogP contribution in [0.15, 0.2) is 0 Å². The first-order chi connectivity index (χ1) is 6.11. The Morgan fingerprint density at radius 1 is 1.62 bits per heavy atom. The highest BCUT2D eigenvalue weighted by molar-refractivity contribution is 5.75. The van der Waals surface area contributed by atoms with Crippen molar-refractivity contribution >= 4 is 5.97 Å². The molecule has 0 saturated heterocycles.